The number of hydrogen-bond acceptors (Lipinski definition) is 4. The number of carbonyl (C=O) groups excluding carboxylic acids is 2. The zero-order valence-electron chi connectivity index (χ0n) is 22.0. The average Bonchev–Trinajstić information content (AvgIpc) is 2.86. The van der Waals surface area contributed by atoms with Crippen LogP contribution in [0.5, 0.6) is 0 Å². The summed E-state index contributed by atoms with van der Waals surface area (Å²) >= 11 is 14.6. The van der Waals surface area contributed by atoms with E-state index in [4.69, 9.17) is 23.2 Å². The second kappa shape index (κ2) is 12.9. The second-order valence-corrected chi connectivity index (χ2v) is 13.9. The quantitative estimate of drug-likeness (QED) is 0.272. The van der Waals surface area contributed by atoms with Crippen molar-refractivity contribution in [2.24, 2.45) is 0 Å². The molecule has 0 aromatic heterocycles. The van der Waals surface area contributed by atoms with Gasteiger partial charge in [0.25, 0.3) is 10.0 Å². The lowest BCUT2D eigenvalue weighted by atomic mass is 10.1. The number of hydrogen-bond donors (Lipinski definition) is 1. The summed E-state index contributed by atoms with van der Waals surface area (Å²) in [6, 6.07) is 18.7. The topological polar surface area (TPSA) is 86.8 Å². The van der Waals surface area contributed by atoms with Crippen molar-refractivity contribution in [3.8, 4) is 0 Å². The predicted molar refractivity (Wildman–Crippen MR) is 165 cm³/mol. The fourth-order valence-corrected chi connectivity index (χ4v) is 6.01. The maximum Gasteiger partial charge on any atom is 0.264 e. The highest BCUT2D eigenvalue weighted by Crippen LogP contribution is 2.27. The predicted octanol–water partition coefficient (Wildman–Crippen LogP) is 6.13. The molecule has 0 bridgehead atoms. The molecule has 0 spiro atoms. The van der Waals surface area contributed by atoms with Gasteiger partial charge in [-0.05, 0) is 104 Å². The van der Waals surface area contributed by atoms with Gasteiger partial charge in [0, 0.05) is 25.7 Å². The molecule has 39 heavy (non-hydrogen) atoms. The van der Waals surface area contributed by atoms with Crippen LogP contribution in [0.1, 0.15) is 33.3 Å². The molecule has 0 saturated heterocycles. The monoisotopic (exact) mass is 701 g/mol. The van der Waals surface area contributed by atoms with E-state index in [0.717, 1.165) is 7.88 Å². The lowest BCUT2D eigenvalue weighted by Crippen LogP contribution is -2.54. The van der Waals surface area contributed by atoms with E-state index in [2.05, 4.69) is 27.9 Å². The fraction of sp³-hybridized carbons (Fsp3) is 0.286. The first kappa shape index (κ1) is 31.2. The molecule has 2 amide bonds. The fourth-order valence-electron chi connectivity index (χ4n) is 3.75. The maximum atomic E-state index is 13.9. The van der Waals surface area contributed by atoms with E-state index in [1.807, 2.05) is 20.8 Å². The Balaban J connectivity index is 2.04. The summed E-state index contributed by atoms with van der Waals surface area (Å²) in [4.78, 5) is 28.5. The summed E-state index contributed by atoms with van der Waals surface area (Å²) in [5, 5.41) is 3.65. The van der Waals surface area contributed by atoms with Crippen molar-refractivity contribution < 1.29 is 18.0 Å². The highest BCUT2D eigenvalue weighted by molar-refractivity contribution is 14.1. The third kappa shape index (κ3) is 8.33. The average molecular weight is 702 g/mol. The van der Waals surface area contributed by atoms with Crippen molar-refractivity contribution >= 4 is 73.3 Å². The van der Waals surface area contributed by atoms with Gasteiger partial charge >= 0.3 is 0 Å². The molecule has 0 aliphatic carbocycles. The summed E-state index contributed by atoms with van der Waals surface area (Å²) in [6.45, 7) is 6.56. The first-order valence-corrected chi connectivity index (χ1v) is 15.4. The lowest BCUT2D eigenvalue weighted by molar-refractivity contribution is -0.140. The van der Waals surface area contributed by atoms with Gasteiger partial charge < -0.3 is 10.2 Å². The minimum Gasteiger partial charge on any atom is -0.350 e. The van der Waals surface area contributed by atoms with Crippen LogP contribution in [0.4, 0.5) is 5.69 Å². The minimum absolute atomic E-state index is 0.0283. The smallest absolute Gasteiger partial charge is 0.264 e. The van der Waals surface area contributed by atoms with Gasteiger partial charge in [-0.3, -0.25) is 13.9 Å². The molecular weight excluding hydrogens is 672 g/mol. The summed E-state index contributed by atoms with van der Waals surface area (Å²) in [6.07, 6.45) is 0. The van der Waals surface area contributed by atoms with Gasteiger partial charge in [0.15, 0.2) is 0 Å². The van der Waals surface area contributed by atoms with Gasteiger partial charge in [-0.1, -0.05) is 47.5 Å². The highest BCUT2D eigenvalue weighted by Gasteiger charge is 2.33. The number of halogens is 3. The maximum absolute atomic E-state index is 13.9. The molecule has 3 aromatic carbocycles. The molecule has 3 aromatic rings. The highest BCUT2D eigenvalue weighted by atomic mass is 127. The number of benzene rings is 3. The second-order valence-electron chi connectivity index (χ2n) is 9.97. The van der Waals surface area contributed by atoms with E-state index in [-0.39, 0.29) is 17.3 Å². The number of nitrogens with one attached hydrogen (secondary N) is 1. The van der Waals surface area contributed by atoms with Crippen LogP contribution >= 0.6 is 45.8 Å². The Labute approximate surface area is 253 Å². The Hall–Kier alpha value is -2.34. The molecule has 0 heterocycles. The summed E-state index contributed by atoms with van der Waals surface area (Å²) in [5.74, 6) is -0.955. The van der Waals surface area contributed by atoms with E-state index < -0.39 is 34.1 Å². The SMILES string of the molecule is C[C@H](C(=O)NC(C)(C)C)N(Cc1ccc(Cl)cc1Cl)C(=O)CN(c1ccc(I)cc1)S(=O)(=O)c1ccccc1. The van der Waals surface area contributed by atoms with Crippen LogP contribution in [0.2, 0.25) is 10.0 Å². The molecule has 1 atom stereocenters. The van der Waals surface area contributed by atoms with Crippen molar-refractivity contribution in [1.82, 2.24) is 10.2 Å². The standard InChI is InChI=1S/C28H30Cl2IN3O4S/c1-19(27(36)32-28(2,3)4)33(17-20-10-11-21(29)16-25(20)30)26(35)18-34(23-14-12-22(31)13-15-23)39(37,38)24-8-6-5-7-9-24/h5-16,19H,17-18H2,1-4H3,(H,32,36)/t19-/m1/s1. The number of sulfonamides is 1. The summed E-state index contributed by atoms with van der Waals surface area (Å²) in [7, 11) is -4.12. The van der Waals surface area contributed by atoms with E-state index >= 15 is 0 Å². The number of nitrogens with zero attached hydrogens (tertiary/aromatic N) is 2. The molecule has 0 unspecified atom stereocenters. The molecule has 0 aliphatic rings. The molecule has 1 N–H and O–H groups in total. The summed E-state index contributed by atoms with van der Waals surface area (Å²) < 4.78 is 29.5. The molecule has 7 nitrogen and oxygen atoms in total. The van der Waals surface area contributed by atoms with E-state index in [1.165, 1.54) is 17.0 Å². The van der Waals surface area contributed by atoms with Crippen molar-refractivity contribution in [3.63, 3.8) is 0 Å². The Morgan fingerprint density at radius 1 is 0.974 bits per heavy atom. The Morgan fingerprint density at radius 3 is 2.15 bits per heavy atom. The molecule has 0 aliphatic heterocycles. The minimum atomic E-state index is -4.12. The Kier molecular flexibility index (Phi) is 10.3. The van der Waals surface area contributed by atoms with Crippen LogP contribution < -0.4 is 9.62 Å². The molecule has 0 saturated carbocycles. The van der Waals surface area contributed by atoms with Crippen LogP contribution in [0.15, 0.2) is 77.7 Å². The summed E-state index contributed by atoms with van der Waals surface area (Å²) in [5.41, 5.74) is 0.349. The molecule has 0 fully saturated rings. The zero-order valence-corrected chi connectivity index (χ0v) is 26.5. The number of rotatable bonds is 9. The first-order valence-electron chi connectivity index (χ1n) is 12.1. The van der Waals surface area contributed by atoms with Crippen molar-refractivity contribution in [1.29, 1.82) is 0 Å². The van der Waals surface area contributed by atoms with Crippen molar-refractivity contribution in [3.05, 3.63) is 92.0 Å². The van der Waals surface area contributed by atoms with Crippen LogP contribution in [0, 0.1) is 3.57 Å². The number of anilines is 1. The number of carbonyl (C=O) groups is 2. The van der Waals surface area contributed by atoms with E-state index in [1.54, 1.807) is 67.6 Å². The van der Waals surface area contributed by atoms with Gasteiger partial charge in [-0.15, -0.1) is 0 Å². The zero-order chi connectivity index (χ0) is 29.0. The van der Waals surface area contributed by atoms with Crippen LogP contribution in [-0.2, 0) is 26.2 Å². The first-order chi connectivity index (χ1) is 18.2. The Morgan fingerprint density at radius 2 is 1.59 bits per heavy atom. The third-order valence-electron chi connectivity index (χ3n) is 5.75. The van der Waals surface area contributed by atoms with Crippen molar-refractivity contribution in [2.75, 3.05) is 10.8 Å². The lowest BCUT2D eigenvalue weighted by Gasteiger charge is -2.33. The molecule has 3 rings (SSSR count). The van der Waals surface area contributed by atoms with Crippen LogP contribution in [0.25, 0.3) is 0 Å². The molecule has 0 radical (unpaired) electrons. The van der Waals surface area contributed by atoms with Crippen LogP contribution in [-0.4, -0.2) is 43.3 Å². The van der Waals surface area contributed by atoms with Crippen molar-refractivity contribution in [2.45, 2.75) is 50.7 Å². The van der Waals surface area contributed by atoms with Gasteiger partial charge in [-0.2, -0.15) is 0 Å². The van der Waals surface area contributed by atoms with Gasteiger partial charge in [-0.25, -0.2) is 8.42 Å². The van der Waals surface area contributed by atoms with E-state index in [9.17, 15) is 18.0 Å². The van der Waals surface area contributed by atoms with Gasteiger partial charge in [0.2, 0.25) is 11.8 Å². The molecule has 208 valence electrons. The van der Waals surface area contributed by atoms with Gasteiger partial charge in [0.1, 0.15) is 12.6 Å². The third-order valence-corrected chi connectivity index (χ3v) is 8.84. The largest absolute Gasteiger partial charge is 0.350 e. The molecule has 11 heteroatoms. The normalized spacial score (nSPS) is 12.5. The van der Waals surface area contributed by atoms with Crippen LogP contribution in [0.3, 0.4) is 0 Å². The number of amides is 2. The van der Waals surface area contributed by atoms with Gasteiger partial charge in [0.05, 0.1) is 10.6 Å². The molecular formula is C28H30Cl2IN3O4S. The Bertz CT molecular complexity index is 1430. The van der Waals surface area contributed by atoms with E-state index in [0.29, 0.717) is 21.3 Å².